The topological polar surface area (TPSA) is 67.5 Å². The Bertz CT molecular complexity index is 563. The molecule has 1 unspecified atom stereocenters. The van der Waals surface area contributed by atoms with Crippen molar-refractivity contribution in [3.05, 3.63) is 22.2 Å². The normalized spacial score (nSPS) is 27.1. The van der Waals surface area contributed by atoms with Gasteiger partial charge in [0.1, 0.15) is 5.76 Å². The van der Waals surface area contributed by atoms with Gasteiger partial charge in [0.25, 0.3) is 11.5 Å². The molecule has 0 radical (unpaired) electrons. The standard InChI is InChI=1S/C15H23N3O3/c1-12-8-13(19)18(21-12)14(20)9-17-7-3-5-15(11-17)4-2-6-16-10-15/h8,16H,2-7,9-11H2,1H3. The van der Waals surface area contributed by atoms with Crippen molar-refractivity contribution in [1.29, 1.82) is 0 Å². The van der Waals surface area contributed by atoms with Crippen LogP contribution < -0.4 is 10.9 Å². The Morgan fingerprint density at radius 2 is 2.24 bits per heavy atom. The van der Waals surface area contributed by atoms with Crippen LogP contribution in [-0.4, -0.2) is 48.3 Å². The molecule has 1 aromatic rings. The summed E-state index contributed by atoms with van der Waals surface area (Å²) in [7, 11) is 0. The van der Waals surface area contributed by atoms with Crippen LogP contribution in [0.25, 0.3) is 0 Å². The first-order chi connectivity index (χ1) is 10.1. The Kier molecular flexibility index (Phi) is 3.99. The molecule has 1 atom stereocenters. The summed E-state index contributed by atoms with van der Waals surface area (Å²) in [6.45, 7) is 5.92. The summed E-state index contributed by atoms with van der Waals surface area (Å²) in [4.78, 5) is 26.0. The van der Waals surface area contributed by atoms with Crippen molar-refractivity contribution in [1.82, 2.24) is 15.0 Å². The number of nitrogens with one attached hydrogen (secondary N) is 1. The van der Waals surface area contributed by atoms with Crippen molar-refractivity contribution in [2.45, 2.75) is 32.6 Å². The van der Waals surface area contributed by atoms with E-state index in [2.05, 4.69) is 10.2 Å². The maximum Gasteiger partial charge on any atom is 0.290 e. The van der Waals surface area contributed by atoms with E-state index in [1.54, 1.807) is 6.92 Å². The number of carbonyl (C=O) groups excluding carboxylic acids is 1. The van der Waals surface area contributed by atoms with E-state index in [0.717, 1.165) is 37.3 Å². The van der Waals surface area contributed by atoms with Gasteiger partial charge in [0.15, 0.2) is 0 Å². The summed E-state index contributed by atoms with van der Waals surface area (Å²) in [5.74, 6) is 0.203. The van der Waals surface area contributed by atoms with E-state index >= 15 is 0 Å². The zero-order valence-corrected chi connectivity index (χ0v) is 12.6. The quantitative estimate of drug-likeness (QED) is 0.876. The van der Waals surface area contributed by atoms with Crippen LogP contribution in [0.5, 0.6) is 0 Å². The summed E-state index contributed by atoms with van der Waals surface area (Å²) in [6.07, 6.45) is 4.77. The number of aromatic nitrogens is 1. The van der Waals surface area contributed by atoms with Crippen LogP contribution in [0.4, 0.5) is 0 Å². The third-order valence-electron chi connectivity index (χ3n) is 4.65. The molecule has 2 fully saturated rings. The van der Waals surface area contributed by atoms with Crippen molar-refractivity contribution in [3.63, 3.8) is 0 Å². The van der Waals surface area contributed by atoms with E-state index in [4.69, 9.17) is 4.52 Å². The lowest BCUT2D eigenvalue weighted by Gasteiger charge is -2.45. The second-order valence-electron chi connectivity index (χ2n) is 6.47. The third-order valence-corrected chi connectivity index (χ3v) is 4.65. The van der Waals surface area contributed by atoms with Crippen molar-refractivity contribution in [3.8, 4) is 0 Å². The Hall–Kier alpha value is -1.40. The van der Waals surface area contributed by atoms with E-state index < -0.39 is 0 Å². The Balaban J connectivity index is 1.66. The molecule has 1 spiro atoms. The number of piperidine rings is 2. The first-order valence-electron chi connectivity index (χ1n) is 7.74. The molecule has 1 N–H and O–H groups in total. The number of aryl methyl sites for hydroxylation is 1. The monoisotopic (exact) mass is 293 g/mol. The molecular formula is C15H23N3O3. The lowest BCUT2D eigenvalue weighted by atomic mass is 9.74. The molecule has 0 amide bonds. The summed E-state index contributed by atoms with van der Waals surface area (Å²) >= 11 is 0. The SMILES string of the molecule is Cc1cc(=O)n(C(=O)CN2CCCC3(CCCNC3)C2)o1. The van der Waals surface area contributed by atoms with Crippen LogP contribution in [0, 0.1) is 12.3 Å². The van der Waals surface area contributed by atoms with Crippen LogP contribution in [0.3, 0.4) is 0 Å². The highest BCUT2D eigenvalue weighted by atomic mass is 16.5. The van der Waals surface area contributed by atoms with Crippen LogP contribution in [0.2, 0.25) is 0 Å². The molecule has 21 heavy (non-hydrogen) atoms. The zero-order chi connectivity index (χ0) is 14.9. The highest BCUT2D eigenvalue weighted by molar-refractivity contribution is 5.79. The van der Waals surface area contributed by atoms with Crippen molar-refractivity contribution in [2.75, 3.05) is 32.7 Å². The van der Waals surface area contributed by atoms with Crippen LogP contribution >= 0.6 is 0 Å². The average Bonchev–Trinajstić information content (AvgIpc) is 2.79. The van der Waals surface area contributed by atoms with Gasteiger partial charge in [-0.2, -0.15) is 0 Å². The van der Waals surface area contributed by atoms with Gasteiger partial charge < -0.3 is 9.84 Å². The second-order valence-corrected chi connectivity index (χ2v) is 6.47. The van der Waals surface area contributed by atoms with E-state index in [0.29, 0.717) is 11.2 Å². The average molecular weight is 293 g/mol. The minimum Gasteiger partial charge on any atom is -0.373 e. The molecule has 6 heteroatoms. The third kappa shape index (κ3) is 3.11. The molecular weight excluding hydrogens is 270 g/mol. The minimum absolute atomic E-state index is 0.259. The van der Waals surface area contributed by atoms with Gasteiger partial charge in [-0.15, -0.1) is 4.74 Å². The lowest BCUT2D eigenvalue weighted by Crippen LogP contribution is -2.52. The van der Waals surface area contributed by atoms with Gasteiger partial charge in [0.2, 0.25) is 0 Å². The number of carbonyl (C=O) groups is 1. The highest BCUT2D eigenvalue weighted by Gasteiger charge is 2.37. The largest absolute Gasteiger partial charge is 0.373 e. The van der Waals surface area contributed by atoms with Gasteiger partial charge in [-0.25, -0.2) is 0 Å². The van der Waals surface area contributed by atoms with Gasteiger partial charge in [-0.1, -0.05) is 0 Å². The van der Waals surface area contributed by atoms with E-state index in [-0.39, 0.29) is 18.0 Å². The van der Waals surface area contributed by atoms with Crippen LogP contribution in [0.1, 0.15) is 36.2 Å². The predicted molar refractivity (Wildman–Crippen MR) is 78.5 cm³/mol. The number of hydrogen-bond donors (Lipinski definition) is 1. The molecule has 0 aromatic carbocycles. The summed E-state index contributed by atoms with van der Waals surface area (Å²) in [5.41, 5.74) is -0.0653. The van der Waals surface area contributed by atoms with E-state index in [1.165, 1.54) is 25.3 Å². The second kappa shape index (κ2) is 5.77. The van der Waals surface area contributed by atoms with Crippen molar-refractivity contribution in [2.24, 2.45) is 5.41 Å². The molecule has 2 saturated heterocycles. The molecule has 6 nitrogen and oxygen atoms in total. The van der Waals surface area contributed by atoms with Gasteiger partial charge in [0.05, 0.1) is 6.54 Å². The van der Waals surface area contributed by atoms with E-state index in [1.807, 2.05) is 0 Å². The molecule has 2 aliphatic heterocycles. The van der Waals surface area contributed by atoms with Crippen LogP contribution in [-0.2, 0) is 0 Å². The maximum atomic E-state index is 12.2. The summed E-state index contributed by atoms with van der Waals surface area (Å²) in [5, 5.41) is 3.48. The molecule has 0 aliphatic carbocycles. The van der Waals surface area contributed by atoms with Crippen LogP contribution in [0.15, 0.2) is 15.4 Å². The molecule has 0 bridgehead atoms. The van der Waals surface area contributed by atoms with Gasteiger partial charge >= 0.3 is 0 Å². The van der Waals surface area contributed by atoms with Crippen molar-refractivity contribution < 1.29 is 9.32 Å². The smallest absolute Gasteiger partial charge is 0.290 e. The Morgan fingerprint density at radius 1 is 1.43 bits per heavy atom. The molecule has 116 valence electrons. The number of nitrogens with zero attached hydrogens (tertiary/aromatic N) is 2. The minimum atomic E-state index is -0.372. The van der Waals surface area contributed by atoms with E-state index in [9.17, 15) is 9.59 Å². The summed E-state index contributed by atoms with van der Waals surface area (Å²) < 4.78 is 6.05. The Labute approximate surface area is 124 Å². The first-order valence-corrected chi connectivity index (χ1v) is 7.74. The van der Waals surface area contributed by atoms with Gasteiger partial charge in [-0.05, 0) is 51.1 Å². The lowest BCUT2D eigenvalue weighted by molar-refractivity contribution is 0.0469. The fraction of sp³-hybridized carbons (Fsp3) is 0.733. The summed E-state index contributed by atoms with van der Waals surface area (Å²) in [6, 6.07) is 1.35. The fourth-order valence-corrected chi connectivity index (χ4v) is 3.70. The molecule has 2 aliphatic rings. The Morgan fingerprint density at radius 3 is 2.90 bits per heavy atom. The van der Waals surface area contributed by atoms with Crippen molar-refractivity contribution >= 4 is 5.91 Å². The first kappa shape index (κ1) is 14.5. The fourth-order valence-electron chi connectivity index (χ4n) is 3.70. The number of hydrogen-bond acceptors (Lipinski definition) is 5. The highest BCUT2D eigenvalue weighted by Crippen LogP contribution is 2.35. The number of rotatable bonds is 2. The molecule has 3 rings (SSSR count). The molecule has 3 heterocycles. The zero-order valence-electron chi connectivity index (χ0n) is 12.6. The molecule has 1 aromatic heterocycles. The number of likely N-dealkylation sites (tertiary alicyclic amines) is 1. The molecule has 0 saturated carbocycles. The maximum absolute atomic E-state index is 12.2. The van der Waals surface area contributed by atoms with Gasteiger partial charge in [0, 0.05) is 19.2 Å². The predicted octanol–water partition coefficient (Wildman–Crippen LogP) is 0.856. The van der Waals surface area contributed by atoms with Gasteiger partial charge in [-0.3, -0.25) is 14.5 Å².